The first kappa shape index (κ1) is 9.04. The fraction of sp³-hybridized carbons (Fsp3) is 0.750. The topological polar surface area (TPSA) is 23.5 Å². The molecule has 1 fully saturated rings. The second-order valence-electron chi connectivity index (χ2n) is 3.05. The lowest BCUT2D eigenvalue weighted by Gasteiger charge is -2.29. The van der Waals surface area contributed by atoms with Crippen LogP contribution in [-0.2, 0) is 0 Å². The van der Waals surface area contributed by atoms with Crippen LogP contribution in [0.25, 0.3) is 0 Å². The number of β-amino-alcohol motifs (C(OH)–C–C–N with tert-alkyl or cyclic N) is 1. The lowest BCUT2D eigenvalue weighted by molar-refractivity contribution is 0.0766. The maximum Gasteiger partial charge on any atom is 0.0667 e. The molecule has 1 unspecified atom stereocenters. The molecule has 0 bridgehead atoms. The van der Waals surface area contributed by atoms with E-state index in [2.05, 4.69) is 11.5 Å². The summed E-state index contributed by atoms with van der Waals surface area (Å²) in [5.41, 5.74) is 0. The van der Waals surface area contributed by atoms with Crippen molar-refractivity contribution in [3.63, 3.8) is 0 Å². The number of halogens is 1. The molecule has 1 saturated heterocycles. The van der Waals surface area contributed by atoms with Gasteiger partial charge in [0.1, 0.15) is 0 Å². The number of aliphatic hydroxyl groups excluding tert-OH is 1. The van der Waals surface area contributed by atoms with Crippen LogP contribution in [0.1, 0.15) is 12.8 Å². The SMILES string of the molecule is C=C(Cl)CN1CCCC(O)C1. The first-order valence-electron chi connectivity index (χ1n) is 3.92. The van der Waals surface area contributed by atoms with Crippen LogP contribution in [0.2, 0.25) is 0 Å². The van der Waals surface area contributed by atoms with Gasteiger partial charge < -0.3 is 5.11 Å². The number of piperidine rings is 1. The van der Waals surface area contributed by atoms with Crippen molar-refractivity contribution >= 4 is 11.6 Å². The summed E-state index contributed by atoms with van der Waals surface area (Å²) in [6.45, 7) is 6.10. The summed E-state index contributed by atoms with van der Waals surface area (Å²) < 4.78 is 0. The number of rotatable bonds is 2. The van der Waals surface area contributed by atoms with E-state index in [1.807, 2.05) is 0 Å². The predicted octanol–water partition coefficient (Wildman–Crippen LogP) is 1.20. The molecule has 1 rings (SSSR count). The van der Waals surface area contributed by atoms with Crippen molar-refractivity contribution in [2.45, 2.75) is 18.9 Å². The minimum atomic E-state index is -0.167. The minimum absolute atomic E-state index is 0.167. The summed E-state index contributed by atoms with van der Waals surface area (Å²) in [7, 11) is 0. The number of hydrogen-bond donors (Lipinski definition) is 1. The van der Waals surface area contributed by atoms with Crippen molar-refractivity contribution in [2.24, 2.45) is 0 Å². The van der Waals surface area contributed by atoms with Crippen molar-refractivity contribution in [2.75, 3.05) is 19.6 Å². The van der Waals surface area contributed by atoms with Gasteiger partial charge in [0.05, 0.1) is 6.10 Å². The van der Waals surface area contributed by atoms with Gasteiger partial charge >= 0.3 is 0 Å². The van der Waals surface area contributed by atoms with E-state index in [9.17, 15) is 5.11 Å². The van der Waals surface area contributed by atoms with Crippen LogP contribution in [0.3, 0.4) is 0 Å². The third-order valence-electron chi connectivity index (χ3n) is 1.88. The van der Waals surface area contributed by atoms with E-state index in [4.69, 9.17) is 11.6 Å². The molecule has 64 valence electrons. The summed E-state index contributed by atoms with van der Waals surface area (Å²) in [4.78, 5) is 2.13. The molecule has 1 heterocycles. The molecule has 1 aliphatic rings. The number of hydrogen-bond acceptors (Lipinski definition) is 2. The molecule has 0 aromatic carbocycles. The summed E-state index contributed by atoms with van der Waals surface area (Å²) >= 11 is 5.64. The second-order valence-corrected chi connectivity index (χ2v) is 3.58. The van der Waals surface area contributed by atoms with E-state index in [-0.39, 0.29) is 6.10 Å². The monoisotopic (exact) mass is 175 g/mol. The fourth-order valence-electron chi connectivity index (χ4n) is 1.42. The average molecular weight is 176 g/mol. The quantitative estimate of drug-likeness (QED) is 0.682. The Labute approximate surface area is 72.5 Å². The van der Waals surface area contributed by atoms with E-state index >= 15 is 0 Å². The number of nitrogens with zero attached hydrogens (tertiary/aromatic N) is 1. The van der Waals surface area contributed by atoms with Crippen molar-refractivity contribution in [1.29, 1.82) is 0 Å². The zero-order valence-electron chi connectivity index (χ0n) is 6.59. The molecule has 0 radical (unpaired) electrons. The van der Waals surface area contributed by atoms with E-state index in [1.165, 1.54) is 0 Å². The van der Waals surface area contributed by atoms with Gasteiger partial charge in [-0.3, -0.25) is 4.90 Å². The van der Waals surface area contributed by atoms with Gasteiger partial charge in [0.2, 0.25) is 0 Å². The van der Waals surface area contributed by atoms with Gasteiger partial charge in [-0.05, 0) is 19.4 Å². The molecule has 2 nitrogen and oxygen atoms in total. The van der Waals surface area contributed by atoms with Crippen molar-refractivity contribution in [3.8, 4) is 0 Å². The van der Waals surface area contributed by atoms with Crippen molar-refractivity contribution in [3.05, 3.63) is 11.6 Å². The molecular formula is C8H14ClNO. The number of aliphatic hydroxyl groups is 1. The molecule has 0 spiro atoms. The van der Waals surface area contributed by atoms with Crippen LogP contribution in [0.15, 0.2) is 11.6 Å². The lowest BCUT2D eigenvalue weighted by Crippen LogP contribution is -2.38. The highest BCUT2D eigenvalue weighted by atomic mass is 35.5. The first-order chi connectivity index (χ1) is 5.18. The van der Waals surface area contributed by atoms with Gasteiger partial charge in [-0.15, -0.1) is 0 Å². The van der Waals surface area contributed by atoms with Crippen LogP contribution in [0, 0.1) is 0 Å². The Balaban J connectivity index is 2.28. The van der Waals surface area contributed by atoms with Crippen LogP contribution < -0.4 is 0 Å². The normalized spacial score (nSPS) is 26.9. The molecule has 11 heavy (non-hydrogen) atoms. The minimum Gasteiger partial charge on any atom is -0.392 e. The van der Waals surface area contributed by atoms with Gasteiger partial charge in [-0.25, -0.2) is 0 Å². The van der Waals surface area contributed by atoms with Gasteiger partial charge in [0.15, 0.2) is 0 Å². The van der Waals surface area contributed by atoms with Gasteiger partial charge in [-0.2, -0.15) is 0 Å². The first-order valence-corrected chi connectivity index (χ1v) is 4.30. The van der Waals surface area contributed by atoms with Crippen LogP contribution in [0.4, 0.5) is 0 Å². The molecular weight excluding hydrogens is 162 g/mol. The highest BCUT2D eigenvalue weighted by molar-refractivity contribution is 6.29. The van der Waals surface area contributed by atoms with Gasteiger partial charge in [0.25, 0.3) is 0 Å². The lowest BCUT2D eigenvalue weighted by atomic mass is 10.1. The Kier molecular flexibility index (Phi) is 3.37. The fourth-order valence-corrected chi connectivity index (χ4v) is 1.59. The van der Waals surface area contributed by atoms with Crippen LogP contribution >= 0.6 is 11.6 Å². The number of likely N-dealkylation sites (tertiary alicyclic amines) is 1. The zero-order valence-corrected chi connectivity index (χ0v) is 7.35. The largest absolute Gasteiger partial charge is 0.392 e. The maximum absolute atomic E-state index is 9.28. The molecule has 0 saturated carbocycles. The summed E-state index contributed by atoms with van der Waals surface area (Å²) in [5, 5.41) is 9.93. The van der Waals surface area contributed by atoms with Gasteiger partial charge in [0, 0.05) is 18.1 Å². The predicted molar refractivity (Wildman–Crippen MR) is 46.7 cm³/mol. The Bertz CT molecular complexity index is 149. The van der Waals surface area contributed by atoms with E-state index in [0.717, 1.165) is 25.9 Å². The van der Waals surface area contributed by atoms with Crippen LogP contribution in [0.5, 0.6) is 0 Å². The molecule has 1 N–H and O–H groups in total. The molecule has 0 aromatic heterocycles. The average Bonchev–Trinajstić information content (AvgIpc) is 1.85. The standard InChI is InChI=1S/C8H14ClNO/c1-7(9)5-10-4-2-3-8(11)6-10/h8,11H,1-6H2. The van der Waals surface area contributed by atoms with Crippen LogP contribution in [-0.4, -0.2) is 35.7 Å². The Morgan fingerprint density at radius 3 is 3.00 bits per heavy atom. The maximum atomic E-state index is 9.28. The Morgan fingerprint density at radius 2 is 2.45 bits per heavy atom. The van der Waals surface area contributed by atoms with Crippen molar-refractivity contribution < 1.29 is 5.11 Å². The summed E-state index contributed by atoms with van der Waals surface area (Å²) in [5.74, 6) is 0. The van der Waals surface area contributed by atoms with Crippen molar-refractivity contribution in [1.82, 2.24) is 4.90 Å². The molecule has 3 heteroatoms. The van der Waals surface area contributed by atoms with E-state index in [0.29, 0.717) is 11.6 Å². The van der Waals surface area contributed by atoms with E-state index in [1.54, 1.807) is 0 Å². The molecule has 1 aliphatic heterocycles. The summed E-state index contributed by atoms with van der Waals surface area (Å²) in [6, 6.07) is 0. The zero-order chi connectivity index (χ0) is 8.27. The third-order valence-corrected chi connectivity index (χ3v) is 2.00. The molecule has 0 aliphatic carbocycles. The second kappa shape index (κ2) is 4.10. The Hall–Kier alpha value is -0.0500. The third kappa shape index (κ3) is 3.23. The molecule has 1 atom stereocenters. The smallest absolute Gasteiger partial charge is 0.0667 e. The Morgan fingerprint density at radius 1 is 1.73 bits per heavy atom. The summed E-state index contributed by atoms with van der Waals surface area (Å²) in [6.07, 6.45) is 1.82. The van der Waals surface area contributed by atoms with Gasteiger partial charge in [-0.1, -0.05) is 18.2 Å². The molecule has 0 amide bonds. The highest BCUT2D eigenvalue weighted by Crippen LogP contribution is 2.11. The van der Waals surface area contributed by atoms with E-state index < -0.39 is 0 Å². The highest BCUT2D eigenvalue weighted by Gasteiger charge is 2.16. The molecule has 0 aromatic rings.